The van der Waals surface area contributed by atoms with Gasteiger partial charge in [0.05, 0.1) is 33.1 Å². The zero-order chi connectivity index (χ0) is 20.2. The number of hydrogen-bond donors (Lipinski definition) is 1. The van der Waals surface area contributed by atoms with Crippen molar-refractivity contribution in [1.82, 2.24) is 10.2 Å². The predicted octanol–water partition coefficient (Wildman–Crippen LogP) is 4.32. The van der Waals surface area contributed by atoms with E-state index in [1.807, 2.05) is 18.2 Å². The van der Waals surface area contributed by atoms with Crippen molar-refractivity contribution in [3.63, 3.8) is 0 Å². The van der Waals surface area contributed by atoms with E-state index in [0.29, 0.717) is 11.7 Å². The van der Waals surface area contributed by atoms with Gasteiger partial charge < -0.3 is 24.1 Å². The Hall–Kier alpha value is -2.99. The highest BCUT2D eigenvalue weighted by atomic mass is 32.1. The van der Waals surface area contributed by atoms with Crippen LogP contribution in [0.5, 0.6) is 11.5 Å². The van der Waals surface area contributed by atoms with Crippen molar-refractivity contribution in [2.75, 3.05) is 20.8 Å². The Balaban J connectivity index is 1.70. The smallest absolute Gasteiger partial charge is 0.170 e. The predicted molar refractivity (Wildman–Crippen MR) is 116 cm³/mol. The lowest BCUT2D eigenvalue weighted by molar-refractivity contribution is 0.323. The molecule has 0 spiro atoms. The first-order chi connectivity index (χ1) is 14.2. The molecule has 1 aliphatic rings. The molecular formula is C23H24N2O3S. The van der Waals surface area contributed by atoms with E-state index in [2.05, 4.69) is 46.6 Å². The minimum atomic E-state index is -0.00337. The number of nitrogens with one attached hydrogen (secondary N) is 1. The van der Waals surface area contributed by atoms with Crippen molar-refractivity contribution >= 4 is 17.3 Å². The number of ether oxygens (including phenoxy) is 2. The Kier molecular flexibility index (Phi) is 5.71. The number of thiocarbonyl (C=S) groups is 1. The number of methoxy groups -OCH3 is 2. The largest absolute Gasteiger partial charge is 0.493 e. The SMILES string of the molecule is COc1cc2c(cc1OC)C(c1ccccc1)N(C(=S)NCc1ccco1)CC2. The fraction of sp³-hybridized carbons (Fsp3) is 0.261. The summed E-state index contributed by atoms with van der Waals surface area (Å²) >= 11 is 5.78. The highest BCUT2D eigenvalue weighted by Gasteiger charge is 2.31. The molecule has 1 aliphatic heterocycles. The Morgan fingerprint density at radius 1 is 1.10 bits per heavy atom. The molecule has 0 bridgehead atoms. The molecule has 1 atom stereocenters. The zero-order valence-corrected chi connectivity index (χ0v) is 17.4. The van der Waals surface area contributed by atoms with Crippen LogP contribution in [-0.2, 0) is 13.0 Å². The standard InChI is InChI=1S/C23H24N2O3S/c1-26-20-13-17-10-11-25(23(29)24-15-18-9-6-12-28-18)22(16-7-4-3-5-8-16)19(17)14-21(20)27-2/h3-9,12-14,22H,10-11,15H2,1-2H3,(H,24,29). The lowest BCUT2D eigenvalue weighted by atomic mass is 9.88. The Morgan fingerprint density at radius 3 is 2.55 bits per heavy atom. The Bertz CT molecular complexity index is 973. The normalized spacial score (nSPS) is 15.5. The number of benzene rings is 2. The van der Waals surface area contributed by atoms with E-state index in [-0.39, 0.29) is 6.04 Å². The monoisotopic (exact) mass is 408 g/mol. The van der Waals surface area contributed by atoms with Crippen LogP contribution in [0.25, 0.3) is 0 Å². The van der Waals surface area contributed by atoms with Crippen molar-refractivity contribution in [3.8, 4) is 11.5 Å². The third-order valence-electron chi connectivity index (χ3n) is 5.24. The molecule has 29 heavy (non-hydrogen) atoms. The van der Waals surface area contributed by atoms with Crippen molar-refractivity contribution < 1.29 is 13.9 Å². The summed E-state index contributed by atoms with van der Waals surface area (Å²) in [5, 5.41) is 4.05. The summed E-state index contributed by atoms with van der Waals surface area (Å²) in [6.07, 6.45) is 2.55. The quantitative estimate of drug-likeness (QED) is 0.635. The number of hydrogen-bond acceptors (Lipinski definition) is 4. The minimum absolute atomic E-state index is 0.00337. The summed E-state index contributed by atoms with van der Waals surface area (Å²) < 4.78 is 16.5. The summed E-state index contributed by atoms with van der Waals surface area (Å²) in [7, 11) is 3.33. The van der Waals surface area contributed by atoms with Crippen molar-refractivity contribution in [2.45, 2.75) is 19.0 Å². The second kappa shape index (κ2) is 8.57. The van der Waals surface area contributed by atoms with Gasteiger partial charge in [0.15, 0.2) is 16.6 Å². The van der Waals surface area contributed by atoms with Crippen LogP contribution in [0.3, 0.4) is 0 Å². The summed E-state index contributed by atoms with van der Waals surface area (Å²) in [4.78, 5) is 2.24. The maximum atomic E-state index is 5.78. The molecule has 1 unspecified atom stereocenters. The average Bonchev–Trinajstić information content (AvgIpc) is 3.30. The van der Waals surface area contributed by atoms with Crippen LogP contribution in [-0.4, -0.2) is 30.8 Å². The molecule has 150 valence electrons. The van der Waals surface area contributed by atoms with E-state index < -0.39 is 0 Å². The molecule has 0 amide bonds. The summed E-state index contributed by atoms with van der Waals surface area (Å²) in [5.41, 5.74) is 3.62. The summed E-state index contributed by atoms with van der Waals surface area (Å²) in [6, 6.07) is 18.4. The summed E-state index contributed by atoms with van der Waals surface area (Å²) in [6.45, 7) is 1.37. The molecule has 2 heterocycles. The van der Waals surface area contributed by atoms with Crippen LogP contribution < -0.4 is 14.8 Å². The van der Waals surface area contributed by atoms with Gasteiger partial charge in [-0.15, -0.1) is 0 Å². The number of furan rings is 1. The van der Waals surface area contributed by atoms with Gasteiger partial charge in [-0.25, -0.2) is 0 Å². The van der Waals surface area contributed by atoms with Crippen molar-refractivity contribution in [3.05, 3.63) is 83.3 Å². The first-order valence-electron chi connectivity index (χ1n) is 9.58. The van der Waals surface area contributed by atoms with Crippen molar-refractivity contribution in [2.24, 2.45) is 0 Å². The fourth-order valence-electron chi connectivity index (χ4n) is 3.84. The fourth-order valence-corrected chi connectivity index (χ4v) is 4.11. The van der Waals surface area contributed by atoms with E-state index in [9.17, 15) is 0 Å². The number of fused-ring (bicyclic) bond motifs is 1. The van der Waals surface area contributed by atoms with Gasteiger partial charge in [0.2, 0.25) is 0 Å². The third-order valence-corrected chi connectivity index (χ3v) is 5.62. The van der Waals surface area contributed by atoms with Gasteiger partial charge in [-0.2, -0.15) is 0 Å². The molecule has 4 rings (SSSR count). The van der Waals surface area contributed by atoms with Crippen LogP contribution >= 0.6 is 12.2 Å². The maximum absolute atomic E-state index is 5.78. The molecule has 1 aromatic heterocycles. The molecule has 0 aliphatic carbocycles. The van der Waals surface area contributed by atoms with Crippen LogP contribution in [0.15, 0.2) is 65.3 Å². The van der Waals surface area contributed by atoms with Gasteiger partial charge in [-0.1, -0.05) is 30.3 Å². The number of rotatable bonds is 5. The van der Waals surface area contributed by atoms with E-state index in [1.54, 1.807) is 20.5 Å². The van der Waals surface area contributed by atoms with Gasteiger partial charge in [-0.05, 0) is 59.6 Å². The Labute approximate surface area is 176 Å². The molecule has 6 heteroatoms. The van der Waals surface area contributed by atoms with Gasteiger partial charge in [0.25, 0.3) is 0 Å². The Morgan fingerprint density at radius 2 is 1.86 bits per heavy atom. The lowest BCUT2D eigenvalue weighted by Gasteiger charge is -2.39. The second-order valence-corrected chi connectivity index (χ2v) is 7.29. The molecule has 0 radical (unpaired) electrons. The number of nitrogens with zero attached hydrogens (tertiary/aromatic N) is 1. The first kappa shape index (κ1) is 19.3. The molecule has 5 nitrogen and oxygen atoms in total. The van der Waals surface area contributed by atoms with Crippen LogP contribution in [0.2, 0.25) is 0 Å². The molecule has 3 aromatic rings. The van der Waals surface area contributed by atoms with Gasteiger partial charge >= 0.3 is 0 Å². The van der Waals surface area contributed by atoms with Gasteiger partial charge in [0.1, 0.15) is 5.76 Å². The molecular weight excluding hydrogens is 384 g/mol. The van der Waals surface area contributed by atoms with Gasteiger partial charge in [0, 0.05) is 6.54 Å². The van der Waals surface area contributed by atoms with Crippen LogP contribution in [0.1, 0.15) is 28.5 Å². The van der Waals surface area contributed by atoms with E-state index in [4.69, 9.17) is 26.1 Å². The van der Waals surface area contributed by atoms with E-state index in [1.165, 1.54) is 16.7 Å². The topological polar surface area (TPSA) is 46.9 Å². The molecule has 0 fully saturated rings. The first-order valence-corrected chi connectivity index (χ1v) is 9.98. The maximum Gasteiger partial charge on any atom is 0.170 e. The van der Waals surface area contributed by atoms with E-state index >= 15 is 0 Å². The van der Waals surface area contributed by atoms with E-state index in [0.717, 1.165) is 30.2 Å². The second-order valence-electron chi connectivity index (χ2n) is 6.90. The average molecular weight is 409 g/mol. The molecule has 1 N–H and O–H groups in total. The minimum Gasteiger partial charge on any atom is -0.493 e. The zero-order valence-electron chi connectivity index (χ0n) is 16.6. The highest BCUT2D eigenvalue weighted by Crippen LogP contribution is 2.41. The lowest BCUT2D eigenvalue weighted by Crippen LogP contribution is -2.45. The highest BCUT2D eigenvalue weighted by molar-refractivity contribution is 7.80. The van der Waals surface area contributed by atoms with Crippen LogP contribution in [0, 0.1) is 0 Å². The van der Waals surface area contributed by atoms with Gasteiger partial charge in [-0.3, -0.25) is 0 Å². The molecule has 0 saturated carbocycles. The molecule has 0 saturated heterocycles. The summed E-state index contributed by atoms with van der Waals surface area (Å²) in [5.74, 6) is 2.33. The molecule has 2 aromatic carbocycles. The van der Waals surface area contributed by atoms with Crippen LogP contribution in [0.4, 0.5) is 0 Å². The van der Waals surface area contributed by atoms with Crippen molar-refractivity contribution in [1.29, 1.82) is 0 Å². The third kappa shape index (κ3) is 3.93.